The van der Waals surface area contributed by atoms with Crippen LogP contribution in [0, 0.1) is 0 Å². The highest BCUT2D eigenvalue weighted by molar-refractivity contribution is 5.91. The van der Waals surface area contributed by atoms with Gasteiger partial charge in [0.1, 0.15) is 0 Å². The molecule has 0 aliphatic heterocycles. The summed E-state index contributed by atoms with van der Waals surface area (Å²) in [6.07, 6.45) is 1.47. The number of hydrogen-bond acceptors (Lipinski definition) is 2. The van der Waals surface area contributed by atoms with E-state index in [-0.39, 0.29) is 0 Å². The molecule has 0 N–H and O–H groups in total. The van der Waals surface area contributed by atoms with E-state index in [1.165, 1.54) is 12.1 Å². The fraction of sp³-hybridized carbons (Fsp3) is 0.103. The first kappa shape index (κ1) is 21.8. The molecule has 0 spiro atoms. The lowest BCUT2D eigenvalue weighted by Gasteiger charge is -2.13. The molecule has 2 aromatic heterocycles. The van der Waals surface area contributed by atoms with Gasteiger partial charge >= 0.3 is 6.18 Å². The van der Waals surface area contributed by atoms with Crippen LogP contribution in [0.1, 0.15) is 18.1 Å². The van der Waals surface area contributed by atoms with Crippen molar-refractivity contribution in [1.29, 1.82) is 0 Å². The standard InChI is InChI=1S/C29H21F3N2/c1-2-19-13-25(17-27(14-19)29(30,31)32)23-6-4-20-3-5-22(15-26(20)16-23)24-7-8-28(34-18-24)21-9-11-33-12-10-21/h3-18H,2H2,1H3. The van der Waals surface area contributed by atoms with Gasteiger partial charge in [0, 0.05) is 29.7 Å². The quantitative estimate of drug-likeness (QED) is 0.273. The average Bonchev–Trinajstić information content (AvgIpc) is 2.88. The maximum absolute atomic E-state index is 13.4. The van der Waals surface area contributed by atoms with E-state index in [9.17, 15) is 13.2 Å². The van der Waals surface area contributed by atoms with Gasteiger partial charge in [0.15, 0.2) is 0 Å². The summed E-state index contributed by atoms with van der Waals surface area (Å²) in [4.78, 5) is 8.62. The van der Waals surface area contributed by atoms with Crippen LogP contribution < -0.4 is 0 Å². The monoisotopic (exact) mass is 454 g/mol. The Balaban J connectivity index is 1.53. The number of nitrogens with zero attached hydrogens (tertiary/aromatic N) is 2. The first-order valence-electron chi connectivity index (χ1n) is 11.0. The Morgan fingerprint density at radius 3 is 1.94 bits per heavy atom. The summed E-state index contributed by atoms with van der Waals surface area (Å²) >= 11 is 0. The van der Waals surface area contributed by atoms with Gasteiger partial charge in [0.25, 0.3) is 0 Å². The number of rotatable bonds is 4. The molecule has 0 amide bonds. The van der Waals surface area contributed by atoms with Crippen LogP contribution in [-0.4, -0.2) is 9.97 Å². The first-order valence-corrected chi connectivity index (χ1v) is 11.0. The van der Waals surface area contributed by atoms with E-state index >= 15 is 0 Å². The molecule has 2 nitrogen and oxygen atoms in total. The molecule has 168 valence electrons. The van der Waals surface area contributed by atoms with Gasteiger partial charge in [-0.2, -0.15) is 13.2 Å². The molecule has 0 aliphatic rings. The molecule has 2 heterocycles. The maximum Gasteiger partial charge on any atom is 0.416 e. The number of alkyl halides is 3. The van der Waals surface area contributed by atoms with E-state index in [4.69, 9.17) is 0 Å². The Morgan fingerprint density at radius 2 is 1.32 bits per heavy atom. The lowest BCUT2D eigenvalue weighted by molar-refractivity contribution is -0.137. The highest BCUT2D eigenvalue weighted by Crippen LogP contribution is 2.35. The number of aromatic nitrogens is 2. The van der Waals surface area contributed by atoms with Gasteiger partial charge in [-0.1, -0.05) is 43.3 Å². The molecule has 5 rings (SSSR count). The summed E-state index contributed by atoms with van der Waals surface area (Å²) < 4.78 is 40.3. The average molecular weight is 454 g/mol. The zero-order valence-corrected chi connectivity index (χ0v) is 18.5. The summed E-state index contributed by atoms with van der Waals surface area (Å²) in [7, 11) is 0. The van der Waals surface area contributed by atoms with Gasteiger partial charge in [-0.05, 0) is 81.9 Å². The third-order valence-electron chi connectivity index (χ3n) is 5.97. The van der Waals surface area contributed by atoms with Gasteiger partial charge < -0.3 is 0 Å². The molecule has 34 heavy (non-hydrogen) atoms. The normalized spacial score (nSPS) is 11.6. The van der Waals surface area contributed by atoms with Crippen molar-refractivity contribution in [3.8, 4) is 33.5 Å². The van der Waals surface area contributed by atoms with Gasteiger partial charge in [0.05, 0.1) is 11.3 Å². The number of hydrogen-bond donors (Lipinski definition) is 0. The number of halogens is 3. The third-order valence-corrected chi connectivity index (χ3v) is 5.97. The van der Waals surface area contributed by atoms with E-state index in [2.05, 4.69) is 16.0 Å². The van der Waals surface area contributed by atoms with Crippen molar-refractivity contribution in [2.45, 2.75) is 19.5 Å². The van der Waals surface area contributed by atoms with Gasteiger partial charge in [-0.15, -0.1) is 0 Å². The molecule has 5 heteroatoms. The second-order valence-corrected chi connectivity index (χ2v) is 8.21. The predicted octanol–water partition coefficient (Wildman–Crippen LogP) is 8.21. The zero-order valence-electron chi connectivity index (χ0n) is 18.5. The van der Waals surface area contributed by atoms with Crippen molar-refractivity contribution in [1.82, 2.24) is 9.97 Å². The second kappa shape index (κ2) is 8.75. The number of fused-ring (bicyclic) bond motifs is 1. The lowest BCUT2D eigenvalue weighted by Crippen LogP contribution is -2.06. The molecule has 0 fully saturated rings. The van der Waals surface area contributed by atoms with E-state index in [0.717, 1.165) is 38.7 Å². The van der Waals surface area contributed by atoms with Crippen molar-refractivity contribution in [2.24, 2.45) is 0 Å². The molecular weight excluding hydrogens is 433 g/mol. The molecule has 0 bridgehead atoms. The minimum absolute atomic E-state index is 0.539. The minimum atomic E-state index is -4.38. The number of pyridine rings is 2. The van der Waals surface area contributed by atoms with E-state index in [1.807, 2.05) is 73.8 Å². The Hall–Kier alpha value is -3.99. The van der Waals surface area contributed by atoms with Gasteiger partial charge in [-0.3, -0.25) is 9.97 Å². The summed E-state index contributed by atoms with van der Waals surface area (Å²) in [6.45, 7) is 1.86. The third kappa shape index (κ3) is 4.42. The van der Waals surface area contributed by atoms with Crippen molar-refractivity contribution >= 4 is 10.8 Å². The van der Waals surface area contributed by atoms with E-state index in [0.29, 0.717) is 17.5 Å². The molecule has 0 unspecified atom stereocenters. The zero-order chi connectivity index (χ0) is 23.7. The Kier molecular flexibility index (Phi) is 5.62. The maximum atomic E-state index is 13.4. The number of aryl methyl sites for hydroxylation is 1. The van der Waals surface area contributed by atoms with Crippen molar-refractivity contribution in [3.05, 3.63) is 109 Å². The van der Waals surface area contributed by atoms with Crippen LogP contribution in [0.2, 0.25) is 0 Å². The Bertz CT molecular complexity index is 1460. The highest BCUT2D eigenvalue weighted by Gasteiger charge is 2.31. The molecule has 0 saturated carbocycles. The fourth-order valence-corrected chi connectivity index (χ4v) is 4.09. The smallest absolute Gasteiger partial charge is 0.265 e. The van der Waals surface area contributed by atoms with Crippen LogP contribution in [0.4, 0.5) is 13.2 Å². The molecule has 0 saturated heterocycles. The highest BCUT2D eigenvalue weighted by atomic mass is 19.4. The SMILES string of the molecule is CCc1cc(-c2ccc3ccc(-c4ccc(-c5ccncc5)nc4)cc3c2)cc(C(F)(F)F)c1. The summed E-state index contributed by atoms with van der Waals surface area (Å²) in [5.74, 6) is 0. The first-order chi connectivity index (χ1) is 16.4. The lowest BCUT2D eigenvalue weighted by atomic mass is 9.95. The molecule has 0 radical (unpaired) electrons. The fourth-order valence-electron chi connectivity index (χ4n) is 4.09. The Morgan fingerprint density at radius 1 is 0.647 bits per heavy atom. The van der Waals surface area contributed by atoms with Gasteiger partial charge in [-0.25, -0.2) is 0 Å². The molecule has 0 aliphatic carbocycles. The molecule has 5 aromatic rings. The summed E-state index contributed by atoms with van der Waals surface area (Å²) in [5, 5.41) is 1.99. The molecule has 0 atom stereocenters. The summed E-state index contributed by atoms with van der Waals surface area (Å²) in [6, 6.07) is 24.0. The number of benzene rings is 3. The summed E-state index contributed by atoms with van der Waals surface area (Å²) in [5.41, 5.74) is 5.21. The van der Waals surface area contributed by atoms with Crippen molar-refractivity contribution in [2.75, 3.05) is 0 Å². The van der Waals surface area contributed by atoms with Crippen LogP contribution in [0.15, 0.2) is 97.5 Å². The minimum Gasteiger partial charge on any atom is -0.265 e. The van der Waals surface area contributed by atoms with E-state index < -0.39 is 11.7 Å². The molecule has 3 aromatic carbocycles. The van der Waals surface area contributed by atoms with Crippen molar-refractivity contribution < 1.29 is 13.2 Å². The van der Waals surface area contributed by atoms with Gasteiger partial charge in [0.2, 0.25) is 0 Å². The van der Waals surface area contributed by atoms with E-state index in [1.54, 1.807) is 12.4 Å². The topological polar surface area (TPSA) is 25.8 Å². The predicted molar refractivity (Wildman–Crippen MR) is 130 cm³/mol. The van der Waals surface area contributed by atoms with Crippen LogP contribution in [0.25, 0.3) is 44.3 Å². The van der Waals surface area contributed by atoms with Crippen molar-refractivity contribution in [3.63, 3.8) is 0 Å². The molecular formula is C29H21F3N2. The Labute approximate surface area is 195 Å². The van der Waals surface area contributed by atoms with Crippen LogP contribution in [-0.2, 0) is 12.6 Å². The van der Waals surface area contributed by atoms with Crippen LogP contribution in [0.3, 0.4) is 0 Å². The largest absolute Gasteiger partial charge is 0.416 e. The second-order valence-electron chi connectivity index (χ2n) is 8.21. The van der Waals surface area contributed by atoms with Crippen LogP contribution >= 0.6 is 0 Å². The van der Waals surface area contributed by atoms with Crippen LogP contribution in [0.5, 0.6) is 0 Å².